The van der Waals surface area contributed by atoms with E-state index in [0.29, 0.717) is 5.56 Å². The van der Waals surface area contributed by atoms with E-state index in [4.69, 9.17) is 0 Å². The van der Waals surface area contributed by atoms with Crippen LogP contribution in [0.4, 0.5) is 11.4 Å². The summed E-state index contributed by atoms with van der Waals surface area (Å²) in [5.41, 5.74) is 2.77. The molecule has 0 radical (unpaired) electrons. The minimum Gasteiger partial charge on any atom is -0.372 e. The monoisotopic (exact) mass is 344 g/mol. The van der Waals surface area contributed by atoms with Crippen molar-refractivity contribution in [2.75, 3.05) is 23.3 Å². The zero-order valence-corrected chi connectivity index (χ0v) is 15.1. The topological polar surface area (TPSA) is 32.3 Å². The van der Waals surface area contributed by atoms with Crippen LogP contribution in [0.3, 0.4) is 0 Å². The van der Waals surface area contributed by atoms with Crippen LogP contribution < -0.4 is 10.2 Å². The molecule has 3 aromatic rings. The van der Waals surface area contributed by atoms with Gasteiger partial charge in [0.25, 0.3) is 5.91 Å². The van der Waals surface area contributed by atoms with E-state index < -0.39 is 0 Å². The first kappa shape index (κ1) is 16.6. The summed E-state index contributed by atoms with van der Waals surface area (Å²) in [4.78, 5) is 15.2. The fourth-order valence-electron chi connectivity index (χ4n) is 3.64. The average Bonchev–Trinajstić information content (AvgIpc) is 2.69. The molecule has 1 aliphatic rings. The van der Waals surface area contributed by atoms with E-state index in [1.807, 2.05) is 54.6 Å². The van der Waals surface area contributed by atoms with Gasteiger partial charge in [0.05, 0.1) is 0 Å². The van der Waals surface area contributed by atoms with E-state index in [0.717, 1.165) is 35.5 Å². The summed E-state index contributed by atoms with van der Waals surface area (Å²) in [6.07, 6.45) is 2.50. The van der Waals surface area contributed by atoms with E-state index in [1.54, 1.807) is 0 Å². The van der Waals surface area contributed by atoms with Crippen molar-refractivity contribution in [2.45, 2.75) is 19.8 Å². The Hall–Kier alpha value is -2.81. The standard InChI is InChI=1S/C23H24N2O/c1-17-13-15-25(16-14-17)20-11-9-19(10-12-20)24-23(26)22-8-4-6-18-5-2-3-7-21(18)22/h2-12,17H,13-16H2,1H3,(H,24,26). The van der Waals surface area contributed by atoms with Crippen molar-refractivity contribution in [1.29, 1.82) is 0 Å². The smallest absolute Gasteiger partial charge is 0.256 e. The third kappa shape index (κ3) is 3.43. The average molecular weight is 344 g/mol. The van der Waals surface area contributed by atoms with Crippen molar-refractivity contribution in [1.82, 2.24) is 0 Å². The number of piperidine rings is 1. The lowest BCUT2D eigenvalue weighted by Crippen LogP contribution is -2.32. The van der Waals surface area contributed by atoms with Crippen molar-refractivity contribution in [3.05, 3.63) is 72.3 Å². The van der Waals surface area contributed by atoms with Crippen molar-refractivity contribution in [3.8, 4) is 0 Å². The van der Waals surface area contributed by atoms with Crippen LogP contribution in [0.5, 0.6) is 0 Å². The minimum absolute atomic E-state index is 0.0682. The molecule has 1 heterocycles. The number of nitrogens with zero attached hydrogens (tertiary/aromatic N) is 1. The van der Waals surface area contributed by atoms with Gasteiger partial charge in [-0.05, 0) is 59.9 Å². The highest BCUT2D eigenvalue weighted by Gasteiger charge is 2.16. The predicted molar refractivity (Wildman–Crippen MR) is 109 cm³/mol. The van der Waals surface area contributed by atoms with Crippen LogP contribution in [0.25, 0.3) is 10.8 Å². The van der Waals surface area contributed by atoms with Crippen LogP contribution in [-0.2, 0) is 0 Å². The molecule has 26 heavy (non-hydrogen) atoms. The highest BCUT2D eigenvalue weighted by atomic mass is 16.1. The Labute approximate surface area is 154 Å². The lowest BCUT2D eigenvalue weighted by atomic mass is 9.99. The van der Waals surface area contributed by atoms with Gasteiger partial charge in [0.1, 0.15) is 0 Å². The van der Waals surface area contributed by atoms with E-state index in [9.17, 15) is 4.79 Å². The molecule has 1 saturated heterocycles. The first-order chi connectivity index (χ1) is 12.7. The molecule has 0 saturated carbocycles. The molecule has 1 fully saturated rings. The predicted octanol–water partition coefficient (Wildman–Crippen LogP) is 5.33. The second kappa shape index (κ2) is 7.20. The molecule has 0 unspecified atom stereocenters. The highest BCUT2D eigenvalue weighted by Crippen LogP contribution is 2.25. The van der Waals surface area contributed by atoms with Crippen molar-refractivity contribution in [2.24, 2.45) is 5.92 Å². The number of hydrogen-bond acceptors (Lipinski definition) is 2. The van der Waals surface area contributed by atoms with Gasteiger partial charge in [-0.25, -0.2) is 0 Å². The lowest BCUT2D eigenvalue weighted by Gasteiger charge is -2.32. The van der Waals surface area contributed by atoms with Gasteiger partial charge in [-0.2, -0.15) is 0 Å². The Balaban J connectivity index is 1.49. The first-order valence-corrected chi connectivity index (χ1v) is 9.35. The Kier molecular flexibility index (Phi) is 4.61. The van der Waals surface area contributed by atoms with Crippen molar-refractivity contribution in [3.63, 3.8) is 0 Å². The molecule has 4 rings (SSSR count). The number of benzene rings is 3. The van der Waals surface area contributed by atoms with Gasteiger partial charge in [0.2, 0.25) is 0 Å². The van der Waals surface area contributed by atoms with Crippen LogP contribution in [0.2, 0.25) is 0 Å². The quantitative estimate of drug-likeness (QED) is 0.696. The highest BCUT2D eigenvalue weighted by molar-refractivity contribution is 6.12. The zero-order chi connectivity index (χ0) is 17.9. The Morgan fingerprint density at radius 1 is 0.923 bits per heavy atom. The molecule has 1 aliphatic heterocycles. The molecule has 0 aliphatic carbocycles. The van der Waals surface area contributed by atoms with E-state index in [1.165, 1.54) is 18.5 Å². The van der Waals surface area contributed by atoms with Gasteiger partial charge in [-0.1, -0.05) is 43.3 Å². The molecule has 0 atom stereocenters. The molecule has 3 heteroatoms. The summed E-state index contributed by atoms with van der Waals surface area (Å²) in [6, 6.07) is 22.0. The first-order valence-electron chi connectivity index (χ1n) is 9.35. The summed E-state index contributed by atoms with van der Waals surface area (Å²) >= 11 is 0. The van der Waals surface area contributed by atoms with Gasteiger partial charge in [0.15, 0.2) is 0 Å². The summed E-state index contributed by atoms with van der Waals surface area (Å²) in [5, 5.41) is 5.09. The molecule has 1 N–H and O–H groups in total. The SMILES string of the molecule is CC1CCN(c2ccc(NC(=O)c3cccc4ccccc34)cc2)CC1. The summed E-state index contributed by atoms with van der Waals surface area (Å²) in [6.45, 7) is 4.55. The molecule has 1 amide bonds. The van der Waals surface area contributed by atoms with E-state index in [2.05, 4.69) is 29.3 Å². The Morgan fingerprint density at radius 2 is 1.62 bits per heavy atom. The molecular weight excluding hydrogens is 320 g/mol. The Morgan fingerprint density at radius 3 is 2.38 bits per heavy atom. The molecule has 0 aromatic heterocycles. The number of nitrogens with one attached hydrogen (secondary N) is 1. The fourth-order valence-corrected chi connectivity index (χ4v) is 3.64. The number of carbonyl (C=O) groups is 1. The van der Waals surface area contributed by atoms with Crippen molar-refractivity contribution < 1.29 is 4.79 Å². The maximum absolute atomic E-state index is 12.7. The van der Waals surface area contributed by atoms with E-state index in [-0.39, 0.29) is 5.91 Å². The second-order valence-electron chi connectivity index (χ2n) is 7.20. The number of amides is 1. The third-order valence-electron chi connectivity index (χ3n) is 5.31. The van der Waals surface area contributed by atoms with Crippen LogP contribution in [0.15, 0.2) is 66.7 Å². The second-order valence-corrected chi connectivity index (χ2v) is 7.20. The number of anilines is 2. The van der Waals surface area contributed by atoms with Crippen molar-refractivity contribution >= 4 is 28.1 Å². The molecular formula is C23H24N2O. The number of carbonyl (C=O) groups excluding carboxylic acids is 1. The van der Waals surface area contributed by atoms with E-state index >= 15 is 0 Å². The van der Waals surface area contributed by atoms with Gasteiger partial charge >= 0.3 is 0 Å². The number of fused-ring (bicyclic) bond motifs is 1. The number of hydrogen-bond donors (Lipinski definition) is 1. The normalized spacial score (nSPS) is 15.2. The molecule has 132 valence electrons. The minimum atomic E-state index is -0.0682. The summed E-state index contributed by atoms with van der Waals surface area (Å²) in [7, 11) is 0. The maximum atomic E-state index is 12.7. The van der Waals surface area contributed by atoms with Gasteiger partial charge in [-0.3, -0.25) is 4.79 Å². The van der Waals surface area contributed by atoms with Crippen LogP contribution in [0, 0.1) is 5.92 Å². The molecule has 3 aromatic carbocycles. The molecule has 0 bridgehead atoms. The van der Waals surface area contributed by atoms with Gasteiger partial charge in [-0.15, -0.1) is 0 Å². The molecule has 0 spiro atoms. The third-order valence-corrected chi connectivity index (χ3v) is 5.31. The van der Waals surface area contributed by atoms with Crippen LogP contribution >= 0.6 is 0 Å². The van der Waals surface area contributed by atoms with Crippen LogP contribution in [0.1, 0.15) is 30.1 Å². The van der Waals surface area contributed by atoms with Gasteiger partial charge in [0, 0.05) is 30.0 Å². The maximum Gasteiger partial charge on any atom is 0.256 e. The Bertz CT molecular complexity index is 904. The zero-order valence-electron chi connectivity index (χ0n) is 15.1. The molecule has 3 nitrogen and oxygen atoms in total. The summed E-state index contributed by atoms with van der Waals surface area (Å²) < 4.78 is 0. The fraction of sp³-hybridized carbons (Fsp3) is 0.261. The summed E-state index contributed by atoms with van der Waals surface area (Å²) in [5.74, 6) is 0.756. The lowest BCUT2D eigenvalue weighted by molar-refractivity contribution is 0.102. The van der Waals surface area contributed by atoms with Crippen LogP contribution in [-0.4, -0.2) is 19.0 Å². The van der Waals surface area contributed by atoms with Gasteiger partial charge < -0.3 is 10.2 Å². The largest absolute Gasteiger partial charge is 0.372 e. The number of rotatable bonds is 3.